The largest absolute Gasteiger partial charge is 0.411 e. The molecule has 1 aliphatic rings. The van der Waals surface area contributed by atoms with E-state index in [2.05, 4.69) is 20.6 Å². The van der Waals surface area contributed by atoms with Crippen molar-refractivity contribution >= 4 is 23.1 Å². The minimum Gasteiger partial charge on any atom is -0.411 e. The van der Waals surface area contributed by atoms with Crippen LogP contribution in [0.3, 0.4) is 0 Å². The summed E-state index contributed by atoms with van der Waals surface area (Å²) in [5.41, 5.74) is 0.408. The van der Waals surface area contributed by atoms with Crippen LogP contribution >= 0.6 is 0 Å². The molecule has 1 aliphatic heterocycles. The first kappa shape index (κ1) is 16.5. The molecule has 0 radical (unpaired) electrons. The minimum absolute atomic E-state index is 0.189. The number of hydrogen-bond donors (Lipinski definition) is 4. The molecule has 0 spiro atoms. The molecule has 1 saturated heterocycles. The average molecular weight is 300 g/mol. The first-order chi connectivity index (χ1) is 10.1. The summed E-state index contributed by atoms with van der Waals surface area (Å²) in [5.74, 6) is 0.378. The van der Waals surface area contributed by atoms with Gasteiger partial charge in [0.05, 0.1) is 0 Å². The van der Waals surface area contributed by atoms with Crippen LogP contribution in [0.1, 0.15) is 20.3 Å². The zero-order valence-corrected chi connectivity index (χ0v) is 12.0. The highest BCUT2D eigenvalue weighted by atomic mass is 16.4. The molecule has 0 aliphatic carbocycles. The van der Waals surface area contributed by atoms with Gasteiger partial charge < -0.3 is 30.6 Å². The summed E-state index contributed by atoms with van der Waals surface area (Å²) < 4.78 is 0. The first-order valence-electron chi connectivity index (χ1n) is 6.41. The van der Waals surface area contributed by atoms with Crippen molar-refractivity contribution in [1.29, 1.82) is 0 Å². The molecule has 0 aromatic rings. The fraction of sp³-hybridized carbons (Fsp3) is 0.636. The van der Waals surface area contributed by atoms with Crippen LogP contribution in [-0.4, -0.2) is 79.9 Å². The summed E-state index contributed by atoms with van der Waals surface area (Å²) in [6, 6.07) is 0. The van der Waals surface area contributed by atoms with Gasteiger partial charge in [-0.05, 0) is 20.3 Å². The van der Waals surface area contributed by atoms with E-state index in [-0.39, 0.29) is 23.1 Å². The second kappa shape index (κ2) is 7.92. The topological polar surface area (TPSA) is 137 Å². The van der Waals surface area contributed by atoms with E-state index in [1.807, 2.05) is 0 Å². The van der Waals surface area contributed by atoms with E-state index in [1.54, 1.807) is 9.80 Å². The van der Waals surface area contributed by atoms with Gasteiger partial charge in [0.25, 0.3) is 0 Å². The summed E-state index contributed by atoms with van der Waals surface area (Å²) in [6.45, 7) is 5.14. The molecule has 0 aromatic heterocycles. The number of rotatable bonds is 2. The number of nitrogens with zero attached hydrogens (tertiary/aromatic N) is 6. The molecule has 1 fully saturated rings. The Morgan fingerprint density at radius 1 is 0.667 bits per heavy atom. The summed E-state index contributed by atoms with van der Waals surface area (Å²) in [6.07, 6.45) is 0.690. The Balaban J connectivity index is 2.83. The van der Waals surface area contributed by atoms with E-state index < -0.39 is 0 Å². The van der Waals surface area contributed by atoms with Crippen molar-refractivity contribution in [3.63, 3.8) is 0 Å². The van der Waals surface area contributed by atoms with Crippen LogP contribution in [-0.2, 0) is 0 Å². The van der Waals surface area contributed by atoms with Crippen LogP contribution in [0.25, 0.3) is 0 Å². The zero-order valence-electron chi connectivity index (χ0n) is 12.0. The lowest BCUT2D eigenvalue weighted by Gasteiger charge is -2.24. The van der Waals surface area contributed by atoms with Gasteiger partial charge in [-0.15, -0.1) is 0 Å². The lowest BCUT2D eigenvalue weighted by molar-refractivity contribution is 0.295. The van der Waals surface area contributed by atoms with Crippen molar-refractivity contribution < 1.29 is 20.8 Å². The van der Waals surface area contributed by atoms with E-state index in [0.29, 0.717) is 32.6 Å². The van der Waals surface area contributed by atoms with Gasteiger partial charge in [-0.2, -0.15) is 0 Å². The molecule has 1 heterocycles. The molecular weight excluding hydrogens is 280 g/mol. The predicted octanol–water partition coefficient (Wildman–Crippen LogP) is 0.270. The SMILES string of the molecule is CC(=N\O)/C(=N\O)N1CCCN(C(=N/O)/C(C)=N/O)CC1. The highest BCUT2D eigenvalue weighted by molar-refractivity contribution is 6.40. The fourth-order valence-electron chi connectivity index (χ4n) is 2.16. The van der Waals surface area contributed by atoms with Crippen LogP contribution in [0.4, 0.5) is 0 Å². The van der Waals surface area contributed by atoms with Crippen LogP contribution in [0.5, 0.6) is 0 Å². The van der Waals surface area contributed by atoms with Gasteiger partial charge in [-0.3, -0.25) is 0 Å². The molecule has 21 heavy (non-hydrogen) atoms. The van der Waals surface area contributed by atoms with Gasteiger partial charge in [0.1, 0.15) is 11.4 Å². The monoisotopic (exact) mass is 300 g/mol. The molecule has 4 N–H and O–H groups in total. The molecule has 0 aromatic carbocycles. The smallest absolute Gasteiger partial charge is 0.192 e. The van der Waals surface area contributed by atoms with Crippen molar-refractivity contribution in [2.45, 2.75) is 20.3 Å². The van der Waals surface area contributed by atoms with E-state index in [1.165, 1.54) is 13.8 Å². The molecule has 0 saturated carbocycles. The molecule has 10 nitrogen and oxygen atoms in total. The summed E-state index contributed by atoms with van der Waals surface area (Å²) in [4.78, 5) is 3.52. The predicted molar refractivity (Wildman–Crippen MR) is 76.0 cm³/mol. The fourth-order valence-corrected chi connectivity index (χ4v) is 2.16. The highest BCUT2D eigenvalue weighted by Crippen LogP contribution is 2.07. The van der Waals surface area contributed by atoms with Gasteiger partial charge >= 0.3 is 0 Å². The van der Waals surface area contributed by atoms with Gasteiger partial charge in [-0.25, -0.2) is 0 Å². The lowest BCUT2D eigenvalue weighted by Crippen LogP contribution is -2.41. The molecule has 118 valence electrons. The summed E-state index contributed by atoms with van der Waals surface area (Å²) >= 11 is 0. The van der Waals surface area contributed by atoms with Gasteiger partial charge in [0, 0.05) is 26.2 Å². The average Bonchev–Trinajstić information content (AvgIpc) is 2.74. The van der Waals surface area contributed by atoms with Gasteiger partial charge in [0.2, 0.25) is 0 Å². The second-order valence-corrected chi connectivity index (χ2v) is 4.55. The Hall–Kier alpha value is -2.52. The maximum Gasteiger partial charge on any atom is 0.192 e. The lowest BCUT2D eigenvalue weighted by atomic mass is 10.3. The summed E-state index contributed by atoms with van der Waals surface area (Å²) in [7, 11) is 0. The minimum atomic E-state index is 0.189. The molecule has 0 atom stereocenters. The van der Waals surface area contributed by atoms with Crippen molar-refractivity contribution in [2.75, 3.05) is 26.2 Å². The molecular formula is C11H20N6O4. The van der Waals surface area contributed by atoms with Crippen molar-refractivity contribution in [1.82, 2.24) is 9.80 Å². The second-order valence-electron chi connectivity index (χ2n) is 4.55. The maximum absolute atomic E-state index is 9.04. The Bertz CT molecular complexity index is 431. The van der Waals surface area contributed by atoms with Crippen molar-refractivity contribution in [3.8, 4) is 0 Å². The highest BCUT2D eigenvalue weighted by Gasteiger charge is 2.23. The van der Waals surface area contributed by atoms with Crippen LogP contribution in [0.15, 0.2) is 20.6 Å². The van der Waals surface area contributed by atoms with Crippen LogP contribution < -0.4 is 0 Å². The third-order valence-electron chi connectivity index (χ3n) is 3.23. The zero-order chi connectivity index (χ0) is 15.8. The number of hydrogen-bond acceptors (Lipinski definition) is 8. The Labute approximate surface area is 121 Å². The maximum atomic E-state index is 9.04. The van der Waals surface area contributed by atoms with Crippen LogP contribution in [0, 0.1) is 0 Å². The standard InChI is InChI=1S/C11H20N6O4/c1-8(12-18)10(14-20)16-4-3-5-17(7-6-16)11(15-21)9(2)13-19/h18-21H,3-7H2,1-2H3/b12-8+,13-9+,14-10+,15-11+. The van der Waals surface area contributed by atoms with E-state index in [9.17, 15) is 0 Å². The van der Waals surface area contributed by atoms with Gasteiger partial charge in [0.15, 0.2) is 11.7 Å². The first-order valence-corrected chi connectivity index (χ1v) is 6.41. The molecule has 1 rings (SSSR count). The normalized spacial score (nSPS) is 19.7. The Morgan fingerprint density at radius 2 is 1.05 bits per heavy atom. The third-order valence-corrected chi connectivity index (χ3v) is 3.23. The van der Waals surface area contributed by atoms with E-state index in [0.717, 1.165) is 0 Å². The number of amidine groups is 2. The van der Waals surface area contributed by atoms with Crippen molar-refractivity contribution in [3.05, 3.63) is 0 Å². The molecule has 10 heteroatoms. The summed E-state index contributed by atoms with van der Waals surface area (Å²) in [5, 5.41) is 48.0. The Morgan fingerprint density at radius 3 is 1.33 bits per heavy atom. The molecule has 0 bridgehead atoms. The number of oxime groups is 4. The van der Waals surface area contributed by atoms with E-state index in [4.69, 9.17) is 20.8 Å². The van der Waals surface area contributed by atoms with Crippen LogP contribution in [0.2, 0.25) is 0 Å². The Kier molecular flexibility index (Phi) is 6.24. The quantitative estimate of drug-likeness (QED) is 0.250. The third kappa shape index (κ3) is 3.97. The molecule has 0 amide bonds. The van der Waals surface area contributed by atoms with E-state index >= 15 is 0 Å². The molecule has 0 unspecified atom stereocenters. The van der Waals surface area contributed by atoms with Crippen molar-refractivity contribution in [2.24, 2.45) is 20.6 Å². The van der Waals surface area contributed by atoms with Gasteiger partial charge in [-0.1, -0.05) is 20.6 Å².